The molecule has 4 N–H and O–H groups in total. The molecule has 379 valence electrons. The van der Waals surface area contributed by atoms with Crippen molar-refractivity contribution in [3.05, 3.63) is 194 Å². The van der Waals surface area contributed by atoms with Gasteiger partial charge in [-0.05, 0) is 0 Å². The average molecular weight is 1180 g/mol. The molecule has 0 spiro atoms. The van der Waals surface area contributed by atoms with E-state index in [1.807, 2.05) is 194 Å². The van der Waals surface area contributed by atoms with Gasteiger partial charge in [-0.25, -0.2) is 59.8 Å². The van der Waals surface area contributed by atoms with Crippen molar-refractivity contribution in [3.8, 4) is 91.1 Å². The number of nitrogens with one attached hydrogen (secondary N) is 4. The second kappa shape index (κ2) is 18.6. The second-order valence-corrected chi connectivity index (χ2v) is 19.6. The molecule has 0 aliphatic carbocycles. The van der Waals surface area contributed by atoms with Crippen LogP contribution in [0.25, 0.3) is 179 Å². The van der Waals surface area contributed by atoms with Gasteiger partial charge in [-0.15, -0.1) is 0 Å². The molecule has 0 unspecified atom stereocenters. The number of fused-ring (bicyclic) bond motifs is 40. The molecule has 17 heteroatoms. The van der Waals surface area contributed by atoms with Crippen molar-refractivity contribution in [2.75, 3.05) is 0 Å². The van der Waals surface area contributed by atoms with Gasteiger partial charge in [0.05, 0.1) is 0 Å². The van der Waals surface area contributed by atoms with Crippen molar-refractivity contribution in [1.82, 2.24) is 79.7 Å². The van der Waals surface area contributed by atoms with Gasteiger partial charge in [-0.3, -0.25) is 0 Å². The van der Waals surface area contributed by atoms with Gasteiger partial charge < -0.3 is 19.9 Å². The largest absolute Gasteiger partial charge is 0.324 e. The van der Waals surface area contributed by atoms with E-state index < -0.39 is 0 Å². The van der Waals surface area contributed by atoms with Crippen LogP contribution in [0.1, 0.15) is 0 Å². The Bertz CT molecular complexity index is 4390. The molecule has 14 aromatic rings. The monoisotopic (exact) mass is 1180 g/mol. The molecule has 0 fully saturated rings. The third-order valence-electron chi connectivity index (χ3n) is 14.9. The van der Waals surface area contributed by atoms with Crippen LogP contribution in [0.4, 0.5) is 0 Å². The molecule has 6 aromatic heterocycles. The van der Waals surface area contributed by atoms with Crippen LogP contribution < -0.4 is 0 Å². The van der Waals surface area contributed by atoms with E-state index in [-0.39, 0.29) is 49.4 Å². The topological polar surface area (TPSA) is 218 Å². The maximum absolute atomic E-state index is 5.02. The third kappa shape index (κ3) is 7.64. The predicted molar refractivity (Wildman–Crippen MR) is 312 cm³/mol. The van der Waals surface area contributed by atoms with Crippen LogP contribution in [0, 0.1) is 49.4 Å². The minimum atomic E-state index is 0. The molecule has 4 aliphatic rings. The molecule has 4 aliphatic heterocycles. The molecule has 18 rings (SSSR count). The fraction of sp³-hybridized carbons (Fsp3) is 0. The summed E-state index contributed by atoms with van der Waals surface area (Å²) in [6.45, 7) is 0. The van der Waals surface area contributed by atoms with Gasteiger partial charge in [0.25, 0.3) is 0 Å². The number of aromatic nitrogens is 16. The van der Waals surface area contributed by atoms with E-state index in [0.717, 1.165) is 87.6 Å². The fourth-order valence-corrected chi connectivity index (χ4v) is 11.2. The van der Waals surface area contributed by atoms with Crippen LogP contribution in [0.2, 0.25) is 0 Å². The van der Waals surface area contributed by atoms with Gasteiger partial charge in [-0.1, -0.05) is 194 Å². The third-order valence-corrected chi connectivity index (χ3v) is 14.9. The van der Waals surface area contributed by atoms with Crippen LogP contribution in [0.15, 0.2) is 194 Å². The normalized spacial score (nSPS) is 11.9. The Hall–Kier alpha value is -9.94. The van der Waals surface area contributed by atoms with Crippen molar-refractivity contribution in [3.63, 3.8) is 0 Å². The standard InChI is InChI=1S/2C32H18N8.Eu/c2*1-2-10-18-17(9-1)25-33-26(18)38-28-21-13-5-6-14-22(21)30(35-28)40-32-24-16-8-7-15-23(24)31(36-32)39-29-20-12-4-3-11-19(20)27(34-29)37-25;/h2*1-16H,(H2,33,34,35,36,37,38,39,40);. The van der Waals surface area contributed by atoms with Gasteiger partial charge in [0.15, 0.2) is 46.6 Å². The minimum absolute atomic E-state index is 0. The summed E-state index contributed by atoms with van der Waals surface area (Å²) in [7, 11) is 0. The summed E-state index contributed by atoms with van der Waals surface area (Å²) in [6.07, 6.45) is 0. The molecular formula is C64H36EuN16. The molecule has 0 saturated heterocycles. The summed E-state index contributed by atoms with van der Waals surface area (Å²) in [5.41, 5.74) is 12.9. The zero-order valence-electron chi connectivity index (χ0n) is 42.2. The number of rotatable bonds is 0. The molecule has 8 aromatic carbocycles. The van der Waals surface area contributed by atoms with Crippen molar-refractivity contribution >= 4 is 88.3 Å². The molecule has 16 nitrogen and oxygen atoms in total. The van der Waals surface area contributed by atoms with Gasteiger partial charge in [-0.2, -0.15) is 0 Å². The van der Waals surface area contributed by atoms with Crippen LogP contribution in [-0.2, 0) is 0 Å². The Labute approximate surface area is 498 Å². The number of nitrogens with zero attached hydrogens (tertiary/aromatic N) is 12. The van der Waals surface area contributed by atoms with Crippen LogP contribution in [0.5, 0.6) is 0 Å². The predicted octanol–water partition coefficient (Wildman–Crippen LogP) is 13.7. The Morgan fingerprint density at radius 1 is 0.160 bits per heavy atom. The first-order valence-corrected chi connectivity index (χ1v) is 26.0. The van der Waals surface area contributed by atoms with Gasteiger partial charge in [0.2, 0.25) is 0 Å². The Balaban J connectivity index is 0.000000132. The number of hydrogen-bond donors (Lipinski definition) is 4. The van der Waals surface area contributed by atoms with Crippen LogP contribution >= 0.6 is 0 Å². The maximum atomic E-state index is 5.02. The summed E-state index contributed by atoms with van der Waals surface area (Å²) in [5.74, 6) is 4.78. The second-order valence-electron chi connectivity index (χ2n) is 19.6. The minimum Gasteiger partial charge on any atom is -0.324 e. The summed E-state index contributed by atoms with van der Waals surface area (Å²) in [6, 6.07) is 64.5. The molecule has 0 saturated carbocycles. The summed E-state index contributed by atoms with van der Waals surface area (Å²) < 4.78 is 0. The summed E-state index contributed by atoms with van der Waals surface area (Å²) in [4.78, 5) is 73.5. The zero-order valence-corrected chi connectivity index (χ0v) is 44.6. The van der Waals surface area contributed by atoms with E-state index >= 15 is 0 Å². The van der Waals surface area contributed by atoms with Gasteiger partial charge in [0, 0.05) is 137 Å². The van der Waals surface area contributed by atoms with E-state index in [1.54, 1.807) is 0 Å². The first-order chi connectivity index (χ1) is 39.6. The van der Waals surface area contributed by atoms with E-state index in [0.29, 0.717) is 91.8 Å². The first kappa shape index (κ1) is 47.1. The average Bonchev–Trinajstić information content (AvgIpc) is 4.53. The van der Waals surface area contributed by atoms with Crippen LogP contribution in [-0.4, -0.2) is 79.7 Å². The summed E-state index contributed by atoms with van der Waals surface area (Å²) >= 11 is 0. The number of hydrogen-bond acceptors (Lipinski definition) is 12. The molecule has 1 radical (unpaired) electrons. The molecule has 0 amide bonds. The van der Waals surface area contributed by atoms with Crippen molar-refractivity contribution in [1.29, 1.82) is 0 Å². The zero-order chi connectivity index (χ0) is 52.4. The number of benzene rings is 8. The van der Waals surface area contributed by atoms with E-state index in [1.165, 1.54) is 0 Å². The first-order valence-electron chi connectivity index (χ1n) is 26.0. The fourth-order valence-electron chi connectivity index (χ4n) is 11.2. The van der Waals surface area contributed by atoms with Crippen molar-refractivity contribution in [2.24, 2.45) is 0 Å². The van der Waals surface area contributed by atoms with Crippen LogP contribution in [0.3, 0.4) is 0 Å². The van der Waals surface area contributed by atoms with E-state index in [2.05, 4.69) is 19.9 Å². The molecule has 81 heavy (non-hydrogen) atoms. The van der Waals surface area contributed by atoms with Gasteiger partial charge >= 0.3 is 0 Å². The molecular weight excluding hydrogens is 1140 g/mol. The maximum Gasteiger partial charge on any atom is 0.164 e. The van der Waals surface area contributed by atoms with Crippen molar-refractivity contribution < 1.29 is 49.4 Å². The van der Waals surface area contributed by atoms with E-state index in [4.69, 9.17) is 59.8 Å². The Morgan fingerprint density at radius 3 is 0.420 bits per heavy atom. The Morgan fingerprint density at radius 2 is 0.284 bits per heavy atom. The number of H-pyrrole nitrogens is 4. The van der Waals surface area contributed by atoms with Gasteiger partial charge in [0.1, 0.15) is 45.2 Å². The Kier molecular flexibility index (Phi) is 10.8. The van der Waals surface area contributed by atoms with E-state index in [9.17, 15) is 0 Å². The number of aromatic amines is 4. The smallest absolute Gasteiger partial charge is 0.164 e. The molecule has 0 atom stereocenters. The molecule has 10 heterocycles. The quantitative estimate of drug-likeness (QED) is 0.111. The summed E-state index contributed by atoms with van der Waals surface area (Å²) in [5, 5.41) is 7.64. The molecule has 16 bridgehead atoms. The SMILES string of the molecule is [Eu].c1ccc2c(c1)-c1nc-2nc2[nH]c(nc3nc(nc4[nH]c(n1)c1ccccc41)-c1ccccc1-3)c1ccccc21.c1ccc2c(c1)-c1nc-2nc2[nH]c(nc3nc(nc4[nH]c(n1)c1ccccc41)-c1ccccc1-3)c1ccccc21. The van der Waals surface area contributed by atoms with Crippen molar-refractivity contribution in [2.45, 2.75) is 0 Å².